The third-order valence-corrected chi connectivity index (χ3v) is 19.2. The zero-order valence-electron chi connectivity index (χ0n) is 55.4. The predicted octanol–water partition coefficient (Wildman–Crippen LogP) is 3.92. The van der Waals surface area contributed by atoms with Crippen LogP contribution in [-0.2, 0) is 97.5 Å². The zero-order valence-corrected chi connectivity index (χ0v) is 59.0. The predicted molar refractivity (Wildman–Crippen MR) is 362 cm³/mol. The number of aliphatic hydroxyl groups excluding tert-OH is 1. The lowest BCUT2D eigenvalue weighted by Crippen LogP contribution is -2.53. The van der Waals surface area contributed by atoms with Gasteiger partial charge in [-0.15, -0.1) is 0 Å². The van der Waals surface area contributed by atoms with Crippen molar-refractivity contribution >= 4 is 102 Å². The Morgan fingerprint density at radius 3 is 2.10 bits per heavy atom. The number of nitrogens with one attached hydrogen (secondary N) is 5. The van der Waals surface area contributed by atoms with E-state index in [9.17, 15) is 52.6 Å². The molecule has 6 heterocycles. The van der Waals surface area contributed by atoms with Crippen molar-refractivity contribution in [2.24, 2.45) is 11.8 Å². The molecule has 5 aromatic rings. The molecule has 35 nitrogen and oxygen atoms in total. The molecule has 3 fully saturated rings. The number of aliphatic hydroxyl groups is 1. The van der Waals surface area contributed by atoms with E-state index in [0.717, 1.165) is 11.2 Å². The van der Waals surface area contributed by atoms with Crippen molar-refractivity contribution in [1.82, 2.24) is 49.9 Å². The fourth-order valence-electron chi connectivity index (χ4n) is 10.7. The first-order valence-corrected chi connectivity index (χ1v) is 37.5. The SMILES string of the molecule is CC(C)[C@H](NC(=O)CCOCCOCCOCCOCCOCCN1C(=O)C=CC1=O)C(=O)N[C@@H](C)C(=O)Nc1ccc(COC(=O)N(C)Cc2ccccc2C(=O)Nc2nc3c(ncn3C3O[C@@H]4CO[P@@](=O)(S)O[C@H]5C[C@H](Oc6ccncn6)C[C@@H]5COP(=O)(S)O[C@@H]3[C@@H]4O)c(=O)[nH]2)cc1. The van der Waals surface area contributed by atoms with E-state index in [1.807, 2.05) is 0 Å². The van der Waals surface area contributed by atoms with Gasteiger partial charge in [0.25, 0.3) is 23.3 Å². The van der Waals surface area contributed by atoms with Crippen molar-refractivity contribution in [1.29, 1.82) is 0 Å². The summed E-state index contributed by atoms with van der Waals surface area (Å²) in [5.74, 6) is -3.95. The summed E-state index contributed by atoms with van der Waals surface area (Å²) in [6.45, 7) is -1.81. The molecule has 101 heavy (non-hydrogen) atoms. The lowest BCUT2D eigenvalue weighted by atomic mass is 10.0. The molecule has 548 valence electrons. The number of aromatic amines is 1. The van der Waals surface area contributed by atoms with Crippen LogP contribution in [0.3, 0.4) is 0 Å². The van der Waals surface area contributed by atoms with E-state index in [2.05, 4.69) is 70.7 Å². The van der Waals surface area contributed by atoms with E-state index in [-0.39, 0.29) is 118 Å². The van der Waals surface area contributed by atoms with Crippen LogP contribution in [0.15, 0.2) is 90.4 Å². The Morgan fingerprint density at radius 1 is 0.772 bits per heavy atom. The highest BCUT2D eigenvalue weighted by atomic mass is 32.7. The van der Waals surface area contributed by atoms with Gasteiger partial charge in [-0.3, -0.25) is 66.9 Å². The third kappa shape index (κ3) is 22.7. The maximum atomic E-state index is 14.0. The molecule has 2 unspecified atom stereocenters. The van der Waals surface area contributed by atoms with Crippen LogP contribution in [0.1, 0.15) is 67.7 Å². The number of carbonyl (C=O) groups excluding carboxylic acids is 7. The first kappa shape index (κ1) is 77.6. The summed E-state index contributed by atoms with van der Waals surface area (Å²) in [6.07, 6.45) is -1.24. The molecule has 0 spiro atoms. The number of carbonyl (C=O) groups is 7. The molecule has 3 aromatic heterocycles. The van der Waals surface area contributed by atoms with Crippen LogP contribution in [0, 0.1) is 11.8 Å². The molecule has 39 heteroatoms. The number of hydrogen-bond acceptors (Lipinski definition) is 27. The molecule has 0 radical (unpaired) electrons. The number of hydrogen-bond donors (Lipinski definition) is 8. The van der Waals surface area contributed by atoms with Crippen LogP contribution in [0.2, 0.25) is 0 Å². The maximum Gasteiger partial charge on any atom is 0.410 e. The molecule has 2 bridgehead atoms. The zero-order chi connectivity index (χ0) is 72.2. The molecule has 2 saturated heterocycles. The van der Waals surface area contributed by atoms with Gasteiger partial charge in [0.1, 0.15) is 49.4 Å². The summed E-state index contributed by atoms with van der Waals surface area (Å²) >= 11 is 8.43. The lowest BCUT2D eigenvalue weighted by Gasteiger charge is -2.26. The minimum atomic E-state index is -4.39. The van der Waals surface area contributed by atoms with Crippen molar-refractivity contribution in [2.75, 3.05) is 104 Å². The molecule has 9 rings (SSSR count). The van der Waals surface area contributed by atoms with E-state index < -0.39 is 110 Å². The molecule has 11 atom stereocenters. The minimum Gasteiger partial charge on any atom is -0.474 e. The van der Waals surface area contributed by atoms with Crippen molar-refractivity contribution < 1.29 is 104 Å². The first-order valence-electron chi connectivity index (χ1n) is 32.1. The average molecular weight is 1490 g/mol. The van der Waals surface area contributed by atoms with Gasteiger partial charge < -0.3 is 68.4 Å². The van der Waals surface area contributed by atoms with Crippen LogP contribution >= 0.6 is 38.1 Å². The fourth-order valence-corrected chi connectivity index (χ4v) is 13.8. The van der Waals surface area contributed by atoms with Crippen molar-refractivity contribution in [3.63, 3.8) is 0 Å². The molecule has 1 aliphatic carbocycles. The summed E-state index contributed by atoms with van der Waals surface area (Å²) in [6, 6.07) is 12.4. The summed E-state index contributed by atoms with van der Waals surface area (Å²) in [5, 5.41) is 22.3. The molecule has 1 saturated carbocycles. The Kier molecular flexibility index (Phi) is 28.4. The highest BCUT2D eigenvalue weighted by Crippen LogP contribution is 2.60. The van der Waals surface area contributed by atoms with Gasteiger partial charge in [-0.05, 0) is 48.6 Å². The number of aromatic nitrogens is 6. The minimum absolute atomic E-state index is 0.0248. The second kappa shape index (κ2) is 37.0. The highest BCUT2D eigenvalue weighted by Gasteiger charge is 2.51. The Balaban J connectivity index is 0.680. The molecular weight excluding hydrogens is 1410 g/mol. The Morgan fingerprint density at radius 2 is 1.43 bits per heavy atom. The number of anilines is 2. The van der Waals surface area contributed by atoms with Crippen LogP contribution in [-0.4, -0.2) is 221 Å². The van der Waals surface area contributed by atoms with Gasteiger partial charge in [-0.25, -0.2) is 28.9 Å². The smallest absolute Gasteiger partial charge is 0.410 e. The number of amides is 7. The molecule has 2 aromatic carbocycles. The quantitative estimate of drug-likeness (QED) is 0.0128. The van der Waals surface area contributed by atoms with Gasteiger partial charge in [-0.2, -0.15) is 4.98 Å². The van der Waals surface area contributed by atoms with Crippen molar-refractivity contribution in [3.8, 4) is 5.88 Å². The Bertz CT molecular complexity index is 3860. The second-order valence-corrected chi connectivity index (χ2v) is 29.5. The van der Waals surface area contributed by atoms with Crippen LogP contribution in [0.25, 0.3) is 11.2 Å². The molecule has 4 aliphatic rings. The number of ether oxygens (including phenoxy) is 8. The fraction of sp³-hybridized carbons (Fsp3) is 0.516. The topological polar surface area (TPSA) is 429 Å². The number of benzene rings is 2. The van der Waals surface area contributed by atoms with Gasteiger partial charge in [-0.1, -0.05) is 68.7 Å². The summed E-state index contributed by atoms with van der Waals surface area (Å²) in [4.78, 5) is 125. The van der Waals surface area contributed by atoms with E-state index in [1.165, 1.54) is 54.2 Å². The second-order valence-electron chi connectivity index (χ2n) is 23.8. The number of H-pyrrole nitrogens is 1. The molecular formula is C62H80N12O23P2S2. The summed E-state index contributed by atoms with van der Waals surface area (Å²) < 4.78 is 97.1. The van der Waals surface area contributed by atoms with Gasteiger partial charge in [0, 0.05) is 68.0 Å². The van der Waals surface area contributed by atoms with Gasteiger partial charge >= 0.3 is 19.7 Å². The Hall–Kier alpha value is -7.58. The van der Waals surface area contributed by atoms with Crippen LogP contribution in [0.4, 0.5) is 16.4 Å². The van der Waals surface area contributed by atoms with Gasteiger partial charge in [0.2, 0.25) is 29.5 Å². The van der Waals surface area contributed by atoms with Crippen molar-refractivity contribution in [2.45, 2.75) is 102 Å². The van der Waals surface area contributed by atoms with Gasteiger partial charge in [0.15, 0.2) is 17.4 Å². The number of imide groups is 1. The van der Waals surface area contributed by atoms with E-state index in [1.54, 1.807) is 62.4 Å². The van der Waals surface area contributed by atoms with E-state index in [0.29, 0.717) is 56.5 Å². The summed E-state index contributed by atoms with van der Waals surface area (Å²) in [5.41, 5.74) is 0.176. The first-order chi connectivity index (χ1) is 48.4. The number of imidazole rings is 1. The molecule has 3 aliphatic heterocycles. The maximum absolute atomic E-state index is 14.0. The third-order valence-electron chi connectivity index (χ3n) is 16.0. The average Bonchev–Trinajstić information content (AvgIpc) is 1.61. The van der Waals surface area contributed by atoms with Crippen LogP contribution < -0.4 is 31.6 Å². The van der Waals surface area contributed by atoms with Gasteiger partial charge in [0.05, 0.1) is 98.3 Å². The van der Waals surface area contributed by atoms with E-state index >= 15 is 0 Å². The Labute approximate surface area is 589 Å². The molecule has 6 N–H and O–H groups in total. The standard InChI is InChI=1S/C62H80N12O23P2S2/c1-37(2)51(68-47(75)16-19-86-21-23-88-25-27-90-28-26-89-24-22-87-20-18-73-49(76)13-14-50(73)77)58(81)66-38(3)56(79)67-42-11-9-39(10-12-42)32-91-62(83)72(4)31-40-7-5-6-8-44(40)57(80)70-61-69-55-52(59(82)71-61)65-36-74(55)60-54-53(78)46(95-60)34-93-98(84,100)96-45-30-43(94-48-15-17-63-35-64-48)29-41(45)33-92-99(85,101)97-54/h5-15,17,35-38,41,43,45-46,51,53-54,60,78H,16,18-34H2,1-4H3,(H,66,81)(H,67,79)(H,68,75)(H,84,100)(H,85,101)(H2,69,70,71,80,82)/t38-,41+,43+,45-,46+,51-,53+,54+,60?,98+,99?/m0/s1. The monoisotopic (exact) mass is 1490 g/mol. The van der Waals surface area contributed by atoms with Crippen molar-refractivity contribution in [3.05, 3.63) is 113 Å². The normalized spacial score (nSPS) is 23.5. The van der Waals surface area contributed by atoms with Crippen LogP contribution in [0.5, 0.6) is 5.88 Å². The number of rotatable bonds is 33. The summed E-state index contributed by atoms with van der Waals surface area (Å²) in [7, 11) is 1.46. The molecule has 7 amide bonds. The number of nitrogens with zero attached hydrogens (tertiary/aromatic N) is 7. The van der Waals surface area contributed by atoms with E-state index in [4.69, 9.17) is 56.0 Å². The number of fused-ring (bicyclic) bond motifs is 4. The largest absolute Gasteiger partial charge is 0.474 e. The lowest BCUT2D eigenvalue weighted by molar-refractivity contribution is -0.137. The highest BCUT2D eigenvalue weighted by molar-refractivity contribution is 8.44. The number of thiol groups is 2.